The monoisotopic (exact) mass is 163 g/mol. The molecule has 0 saturated carbocycles. The van der Waals surface area contributed by atoms with Gasteiger partial charge in [0.25, 0.3) is 0 Å². The second kappa shape index (κ2) is 4.24. The Morgan fingerprint density at radius 1 is 1.33 bits per heavy atom. The molecular weight excluding hydrogens is 146 g/mol. The van der Waals surface area contributed by atoms with Crippen LogP contribution in [0.5, 0.6) is 0 Å². The highest BCUT2D eigenvalue weighted by atomic mass is 14.6. The topological polar surface area (TPSA) is 12.9 Å². The van der Waals surface area contributed by atoms with Crippen LogP contribution in [0.1, 0.15) is 31.5 Å². The van der Waals surface area contributed by atoms with Gasteiger partial charge < -0.3 is 0 Å². The second-order valence-corrected chi connectivity index (χ2v) is 3.74. The molecule has 1 aromatic heterocycles. The van der Waals surface area contributed by atoms with E-state index in [2.05, 4.69) is 31.0 Å². The van der Waals surface area contributed by atoms with Gasteiger partial charge in [0.05, 0.1) is 0 Å². The molecule has 1 rings (SSSR count). The van der Waals surface area contributed by atoms with E-state index in [9.17, 15) is 0 Å². The normalized spacial score (nSPS) is 10.7. The highest BCUT2D eigenvalue weighted by molar-refractivity contribution is 5.13. The molecule has 0 spiro atoms. The fraction of sp³-hybridized carbons (Fsp3) is 0.545. The molecule has 1 nitrogen and oxygen atoms in total. The summed E-state index contributed by atoms with van der Waals surface area (Å²) in [5.41, 5.74) is 2.46. The third kappa shape index (κ3) is 3.04. The maximum atomic E-state index is 4.26. The Balaban J connectivity index is 2.48. The first-order valence-electron chi connectivity index (χ1n) is 4.60. The zero-order valence-corrected chi connectivity index (χ0v) is 8.17. The lowest BCUT2D eigenvalue weighted by atomic mass is 10.0. The molecule has 12 heavy (non-hydrogen) atoms. The molecule has 1 heterocycles. The summed E-state index contributed by atoms with van der Waals surface area (Å²) in [6.45, 7) is 6.52. The summed E-state index contributed by atoms with van der Waals surface area (Å²) in [6, 6.07) is 4.25. The molecule has 0 aliphatic carbocycles. The minimum atomic E-state index is 0.784. The van der Waals surface area contributed by atoms with Gasteiger partial charge in [0.15, 0.2) is 0 Å². The van der Waals surface area contributed by atoms with Gasteiger partial charge in [0.2, 0.25) is 0 Å². The Kier molecular flexibility index (Phi) is 3.27. The molecule has 0 aliphatic heterocycles. The van der Waals surface area contributed by atoms with Crippen molar-refractivity contribution in [2.75, 3.05) is 0 Å². The molecule has 0 unspecified atom stereocenters. The third-order valence-corrected chi connectivity index (χ3v) is 1.98. The number of aromatic nitrogens is 1. The minimum absolute atomic E-state index is 0.784. The van der Waals surface area contributed by atoms with E-state index >= 15 is 0 Å². The van der Waals surface area contributed by atoms with Crippen LogP contribution >= 0.6 is 0 Å². The van der Waals surface area contributed by atoms with E-state index in [0.717, 1.165) is 18.0 Å². The Morgan fingerprint density at radius 2 is 2.08 bits per heavy atom. The van der Waals surface area contributed by atoms with Crippen molar-refractivity contribution in [1.82, 2.24) is 4.98 Å². The van der Waals surface area contributed by atoms with Crippen molar-refractivity contribution in [2.24, 2.45) is 5.92 Å². The summed E-state index contributed by atoms with van der Waals surface area (Å²) in [5.74, 6) is 0.784. The first kappa shape index (κ1) is 9.24. The average molecular weight is 163 g/mol. The molecule has 0 N–H and O–H groups in total. The van der Waals surface area contributed by atoms with Gasteiger partial charge in [-0.1, -0.05) is 19.9 Å². The zero-order chi connectivity index (χ0) is 8.97. The molecular formula is C11H17N. The van der Waals surface area contributed by atoms with Gasteiger partial charge >= 0.3 is 0 Å². The molecule has 0 aromatic carbocycles. The van der Waals surface area contributed by atoms with Crippen molar-refractivity contribution in [1.29, 1.82) is 0 Å². The van der Waals surface area contributed by atoms with Gasteiger partial charge in [-0.25, -0.2) is 0 Å². The van der Waals surface area contributed by atoms with Crippen LogP contribution in [-0.4, -0.2) is 4.98 Å². The molecule has 66 valence electrons. The van der Waals surface area contributed by atoms with Gasteiger partial charge in [-0.2, -0.15) is 0 Å². The van der Waals surface area contributed by atoms with Crippen LogP contribution in [0.15, 0.2) is 18.3 Å². The van der Waals surface area contributed by atoms with Crippen LogP contribution in [0.4, 0.5) is 0 Å². The zero-order valence-electron chi connectivity index (χ0n) is 8.17. The van der Waals surface area contributed by atoms with Gasteiger partial charge in [-0.15, -0.1) is 0 Å². The Bertz CT molecular complexity index is 223. The maximum absolute atomic E-state index is 4.26. The summed E-state index contributed by atoms with van der Waals surface area (Å²) < 4.78 is 0. The van der Waals surface area contributed by atoms with Crippen molar-refractivity contribution >= 4 is 0 Å². The fourth-order valence-electron chi connectivity index (χ4n) is 1.10. The number of hydrogen-bond donors (Lipinski definition) is 0. The molecule has 1 heteroatoms. The van der Waals surface area contributed by atoms with E-state index in [-0.39, 0.29) is 0 Å². The molecule has 0 amide bonds. The lowest BCUT2D eigenvalue weighted by Crippen LogP contribution is -1.93. The Labute approximate surface area is 74.8 Å². The van der Waals surface area contributed by atoms with Crippen molar-refractivity contribution in [3.05, 3.63) is 29.6 Å². The fourth-order valence-corrected chi connectivity index (χ4v) is 1.10. The van der Waals surface area contributed by atoms with Crippen molar-refractivity contribution < 1.29 is 0 Å². The van der Waals surface area contributed by atoms with Crippen molar-refractivity contribution in [2.45, 2.75) is 33.6 Å². The molecule has 0 fully saturated rings. The SMILES string of the molecule is Cc1ccc(CCC(C)C)cn1. The summed E-state index contributed by atoms with van der Waals surface area (Å²) >= 11 is 0. The number of nitrogens with zero attached hydrogens (tertiary/aromatic N) is 1. The first-order valence-corrected chi connectivity index (χ1v) is 4.60. The van der Waals surface area contributed by atoms with Gasteiger partial charge in [0, 0.05) is 11.9 Å². The molecule has 0 bridgehead atoms. The predicted molar refractivity (Wildman–Crippen MR) is 52.1 cm³/mol. The molecule has 1 aromatic rings. The van der Waals surface area contributed by atoms with E-state index < -0.39 is 0 Å². The van der Waals surface area contributed by atoms with Crippen LogP contribution < -0.4 is 0 Å². The largest absolute Gasteiger partial charge is 0.261 e. The summed E-state index contributed by atoms with van der Waals surface area (Å²) in [6.07, 6.45) is 4.40. The van der Waals surface area contributed by atoms with Crippen LogP contribution in [0, 0.1) is 12.8 Å². The quantitative estimate of drug-likeness (QED) is 0.667. The highest BCUT2D eigenvalue weighted by Crippen LogP contribution is 2.07. The first-order chi connectivity index (χ1) is 5.68. The van der Waals surface area contributed by atoms with E-state index in [1.54, 1.807) is 0 Å². The number of pyridine rings is 1. The lowest BCUT2D eigenvalue weighted by Gasteiger charge is -2.03. The van der Waals surface area contributed by atoms with Crippen LogP contribution in [-0.2, 0) is 6.42 Å². The van der Waals surface area contributed by atoms with E-state index in [1.807, 2.05) is 13.1 Å². The smallest absolute Gasteiger partial charge is 0.0372 e. The van der Waals surface area contributed by atoms with Crippen LogP contribution in [0.3, 0.4) is 0 Å². The molecule has 0 atom stereocenters. The molecule has 0 radical (unpaired) electrons. The van der Waals surface area contributed by atoms with Gasteiger partial charge in [-0.05, 0) is 37.3 Å². The van der Waals surface area contributed by atoms with Crippen molar-refractivity contribution in [3.8, 4) is 0 Å². The minimum Gasteiger partial charge on any atom is -0.261 e. The average Bonchev–Trinajstić information content (AvgIpc) is 2.03. The second-order valence-electron chi connectivity index (χ2n) is 3.74. The van der Waals surface area contributed by atoms with Crippen LogP contribution in [0.25, 0.3) is 0 Å². The van der Waals surface area contributed by atoms with E-state index in [0.29, 0.717) is 0 Å². The van der Waals surface area contributed by atoms with E-state index in [1.165, 1.54) is 12.0 Å². The lowest BCUT2D eigenvalue weighted by molar-refractivity contribution is 0.586. The van der Waals surface area contributed by atoms with Gasteiger partial charge in [-0.3, -0.25) is 4.98 Å². The molecule has 0 aliphatic rings. The van der Waals surface area contributed by atoms with Crippen LogP contribution in [0.2, 0.25) is 0 Å². The summed E-state index contributed by atoms with van der Waals surface area (Å²) in [5, 5.41) is 0. The Hall–Kier alpha value is -0.850. The number of aryl methyl sites for hydroxylation is 2. The maximum Gasteiger partial charge on any atom is 0.0372 e. The predicted octanol–water partition coefficient (Wildman–Crippen LogP) is 2.98. The number of rotatable bonds is 3. The third-order valence-electron chi connectivity index (χ3n) is 1.98. The number of hydrogen-bond acceptors (Lipinski definition) is 1. The van der Waals surface area contributed by atoms with Crippen molar-refractivity contribution in [3.63, 3.8) is 0 Å². The Morgan fingerprint density at radius 3 is 2.58 bits per heavy atom. The van der Waals surface area contributed by atoms with Gasteiger partial charge in [0.1, 0.15) is 0 Å². The highest BCUT2D eigenvalue weighted by Gasteiger charge is 1.96. The summed E-state index contributed by atoms with van der Waals surface area (Å²) in [7, 11) is 0. The standard InChI is InChI=1S/C11H17N/c1-9(2)4-6-11-7-5-10(3)12-8-11/h5,7-9H,4,6H2,1-3H3. The molecule has 0 saturated heterocycles. The summed E-state index contributed by atoms with van der Waals surface area (Å²) in [4.78, 5) is 4.26. The van der Waals surface area contributed by atoms with E-state index in [4.69, 9.17) is 0 Å².